The van der Waals surface area contributed by atoms with E-state index in [4.69, 9.17) is 1.37 Å². The molecule has 7 aromatic rings. The number of benzene rings is 4. The van der Waals surface area contributed by atoms with Gasteiger partial charge in [0.15, 0.2) is 0 Å². The van der Waals surface area contributed by atoms with Gasteiger partial charge in [0.05, 0.1) is 0 Å². The fourth-order valence-electron chi connectivity index (χ4n) is 5.56. The summed E-state index contributed by atoms with van der Waals surface area (Å²) in [4.78, 5) is 9.14. The molecule has 1 radical (unpaired) electrons. The second-order valence-electron chi connectivity index (χ2n) is 12.4. The van der Waals surface area contributed by atoms with E-state index in [9.17, 15) is 4.39 Å². The van der Waals surface area contributed by atoms with Crippen molar-refractivity contribution in [2.45, 2.75) is 43.9 Å². The number of aryl methyl sites for hydroxylation is 1. The SMILES string of the molecule is Cc1cc(-c2[c-]cccc2)nc[c]1[Ge]([CH3])([CH3])[CH3].[2H]C(C)(C)c1ccnc(-c2[c-]ccc3c2sc2cc4cc(F)ccc4cc23)c1.[Ir]. The molecule has 7 rings (SSSR count). The Bertz CT molecular complexity index is 2170. The molecule has 0 aliphatic rings. The molecule has 3 aromatic heterocycles. The summed E-state index contributed by atoms with van der Waals surface area (Å²) < 4.78 is 25.7. The van der Waals surface area contributed by atoms with E-state index in [2.05, 4.69) is 82.8 Å². The van der Waals surface area contributed by atoms with Gasteiger partial charge in [0.2, 0.25) is 0 Å². The number of fused-ring (bicyclic) bond motifs is 4. The first kappa shape index (κ1) is 31.8. The van der Waals surface area contributed by atoms with Crippen LogP contribution < -0.4 is 4.40 Å². The summed E-state index contributed by atoms with van der Waals surface area (Å²) in [7, 11) is 0. The largest absolute Gasteiger partial charge is 0.305 e. The molecule has 0 saturated carbocycles. The molecule has 0 spiro atoms. The molecule has 0 amide bonds. The zero-order valence-electron chi connectivity index (χ0n) is 27.3. The predicted octanol–water partition coefficient (Wildman–Crippen LogP) is 10.7. The third-order valence-electron chi connectivity index (χ3n) is 7.85. The van der Waals surface area contributed by atoms with Crippen LogP contribution in [0.4, 0.5) is 4.39 Å². The molecular weight excluding hydrogens is 812 g/mol. The summed E-state index contributed by atoms with van der Waals surface area (Å²) in [6, 6.07) is 33.7. The van der Waals surface area contributed by atoms with E-state index >= 15 is 0 Å². The van der Waals surface area contributed by atoms with Crippen LogP contribution in [0, 0.1) is 24.9 Å². The van der Waals surface area contributed by atoms with Crippen LogP contribution >= 0.6 is 11.3 Å². The molecule has 0 aliphatic carbocycles. The van der Waals surface area contributed by atoms with Gasteiger partial charge in [-0.25, -0.2) is 4.39 Å². The maximum atomic E-state index is 13.6. The molecule has 0 aliphatic heterocycles. The molecule has 3 heterocycles. The van der Waals surface area contributed by atoms with E-state index < -0.39 is 19.2 Å². The van der Waals surface area contributed by atoms with Crippen molar-refractivity contribution in [3.8, 4) is 22.5 Å². The summed E-state index contributed by atoms with van der Waals surface area (Å²) in [6.07, 6.45) is 3.84. The molecule has 0 N–H and O–H groups in total. The standard InChI is InChI=1S/C24H17FNS.C15H18GeN.Ir/c1-14(2)15-8-9-26-22(12-15)20-5-3-4-19-21-11-16-6-7-18(25)10-17(16)13-23(21)27-24(19)20;1-12-10-15(13-8-6-5-7-9-13)17-11-14(12)16(2,3)4;/h3-4,6-14H,1-2H3;5-8,10-11H,1-4H3;/q2*-1;/i14D;;. The van der Waals surface area contributed by atoms with Crippen molar-refractivity contribution in [1.29, 1.82) is 0 Å². The summed E-state index contributed by atoms with van der Waals surface area (Å²) in [6.45, 7) is 5.95. The fraction of sp³-hybridized carbons (Fsp3) is 0.179. The first-order chi connectivity index (χ1) is 21.4. The molecule has 0 fully saturated rings. The second-order valence-corrected chi connectivity index (χ2v) is 24.0. The number of pyridine rings is 2. The molecular formula is C39H35FGeIrN2S-2. The second kappa shape index (κ2) is 13.6. The van der Waals surface area contributed by atoms with Gasteiger partial charge in [0.25, 0.3) is 0 Å². The van der Waals surface area contributed by atoms with Crippen LogP contribution in [0.2, 0.25) is 17.3 Å². The number of halogens is 1. The van der Waals surface area contributed by atoms with E-state index in [0.29, 0.717) is 0 Å². The van der Waals surface area contributed by atoms with Crippen LogP contribution in [0.15, 0.2) is 97.3 Å². The Balaban J connectivity index is 0.000000200. The third-order valence-corrected chi connectivity index (χ3v) is 13.5. The maximum Gasteiger partial charge on any atom is 0.123 e. The van der Waals surface area contributed by atoms with E-state index in [1.165, 1.54) is 16.0 Å². The molecule has 229 valence electrons. The zero-order chi connectivity index (χ0) is 31.9. The quantitative estimate of drug-likeness (QED) is 0.130. The Morgan fingerprint density at radius 2 is 1.67 bits per heavy atom. The Hall–Kier alpha value is -3.22. The van der Waals surface area contributed by atoms with Crippen molar-refractivity contribution < 1.29 is 25.9 Å². The van der Waals surface area contributed by atoms with Crippen LogP contribution in [0.25, 0.3) is 53.5 Å². The van der Waals surface area contributed by atoms with Crippen molar-refractivity contribution in [3.63, 3.8) is 0 Å². The number of thiophene rings is 1. The molecule has 0 saturated heterocycles. The number of hydrogen-bond acceptors (Lipinski definition) is 3. The van der Waals surface area contributed by atoms with Crippen LogP contribution in [0.3, 0.4) is 0 Å². The van der Waals surface area contributed by atoms with Crippen LogP contribution in [-0.2, 0) is 20.1 Å². The summed E-state index contributed by atoms with van der Waals surface area (Å²) in [5.41, 5.74) is 6.16. The zero-order valence-corrected chi connectivity index (χ0v) is 31.6. The number of aromatic nitrogens is 2. The van der Waals surface area contributed by atoms with Gasteiger partial charge >= 0.3 is 106 Å². The van der Waals surface area contributed by atoms with Gasteiger partial charge in [-0.15, -0.1) is 23.8 Å². The van der Waals surface area contributed by atoms with Crippen molar-refractivity contribution >= 4 is 59.9 Å². The predicted molar refractivity (Wildman–Crippen MR) is 189 cm³/mol. The minimum atomic E-state index is -1.77. The molecule has 45 heavy (non-hydrogen) atoms. The van der Waals surface area contributed by atoms with Gasteiger partial charge in [-0.05, 0) is 62.8 Å². The Morgan fingerprint density at radius 1 is 0.844 bits per heavy atom. The summed E-state index contributed by atoms with van der Waals surface area (Å²) in [5.74, 6) is 6.30. The first-order valence-electron chi connectivity index (χ1n) is 15.3. The van der Waals surface area contributed by atoms with Crippen molar-refractivity contribution in [1.82, 2.24) is 9.97 Å². The van der Waals surface area contributed by atoms with Gasteiger partial charge in [-0.3, -0.25) is 0 Å². The average molecular weight is 849 g/mol. The van der Waals surface area contributed by atoms with Gasteiger partial charge < -0.3 is 4.98 Å². The van der Waals surface area contributed by atoms with Gasteiger partial charge in [0, 0.05) is 32.4 Å². The van der Waals surface area contributed by atoms with Gasteiger partial charge in [0.1, 0.15) is 5.82 Å². The van der Waals surface area contributed by atoms with Crippen molar-refractivity contribution in [2.75, 3.05) is 0 Å². The molecule has 4 aromatic carbocycles. The van der Waals surface area contributed by atoms with Crippen LogP contribution in [-0.4, -0.2) is 23.2 Å². The topological polar surface area (TPSA) is 25.8 Å². The van der Waals surface area contributed by atoms with E-state index in [0.717, 1.165) is 59.0 Å². The molecule has 0 bridgehead atoms. The third kappa shape index (κ3) is 7.13. The van der Waals surface area contributed by atoms with E-state index in [1.54, 1.807) is 23.6 Å². The van der Waals surface area contributed by atoms with Crippen molar-refractivity contribution in [3.05, 3.63) is 126 Å². The average Bonchev–Trinajstić information content (AvgIpc) is 3.37. The number of rotatable bonds is 4. The normalized spacial score (nSPS) is 12.0. The monoisotopic (exact) mass is 850 g/mol. The molecule has 2 nitrogen and oxygen atoms in total. The summed E-state index contributed by atoms with van der Waals surface area (Å²) in [5, 5.41) is 4.24. The smallest absolute Gasteiger partial charge is 0.123 e. The maximum absolute atomic E-state index is 13.6. The fourth-order valence-corrected chi connectivity index (χ4v) is 10.4. The first-order valence-corrected chi connectivity index (χ1v) is 22.9. The van der Waals surface area contributed by atoms with Crippen LogP contribution in [0.5, 0.6) is 0 Å². The minimum Gasteiger partial charge on any atom is -0.305 e. The minimum absolute atomic E-state index is 0. The Labute approximate surface area is 286 Å². The molecule has 6 heteroatoms. The van der Waals surface area contributed by atoms with Gasteiger partial charge in [-0.2, -0.15) is 11.3 Å². The van der Waals surface area contributed by atoms with Crippen molar-refractivity contribution in [2.24, 2.45) is 0 Å². The van der Waals surface area contributed by atoms with E-state index in [1.807, 2.05) is 56.3 Å². The molecule has 0 atom stereocenters. The van der Waals surface area contributed by atoms with E-state index in [-0.39, 0.29) is 25.9 Å². The Morgan fingerprint density at radius 3 is 2.38 bits per heavy atom. The van der Waals surface area contributed by atoms with Crippen LogP contribution in [0.1, 0.15) is 32.2 Å². The number of nitrogens with zero attached hydrogens (tertiary/aromatic N) is 2. The molecule has 0 unspecified atom stereocenters. The number of hydrogen-bond donors (Lipinski definition) is 0. The summed E-state index contributed by atoms with van der Waals surface area (Å²) >= 11 is -0.0960. The van der Waals surface area contributed by atoms with Gasteiger partial charge in [-0.1, -0.05) is 36.9 Å². The Kier molecular flexibility index (Phi) is 9.63.